The van der Waals surface area contributed by atoms with Gasteiger partial charge in [0.25, 0.3) is 0 Å². The number of ether oxygens (including phenoxy) is 2. The second-order valence-electron chi connectivity index (χ2n) is 3.62. The van der Waals surface area contributed by atoms with Gasteiger partial charge >= 0.3 is 12.0 Å². The molecule has 6 nitrogen and oxygen atoms in total. The summed E-state index contributed by atoms with van der Waals surface area (Å²) in [6.45, 7) is 0.383. The molecule has 19 heavy (non-hydrogen) atoms. The number of aromatic nitrogens is 3. The van der Waals surface area contributed by atoms with Gasteiger partial charge < -0.3 is 14.8 Å². The van der Waals surface area contributed by atoms with Gasteiger partial charge in [-0.25, -0.2) is 4.39 Å². The lowest BCUT2D eigenvalue weighted by Gasteiger charge is -2.07. The van der Waals surface area contributed by atoms with Crippen molar-refractivity contribution in [3.05, 3.63) is 35.6 Å². The quantitative estimate of drug-likeness (QED) is 0.885. The van der Waals surface area contributed by atoms with Crippen LogP contribution in [-0.2, 0) is 6.54 Å². The van der Waals surface area contributed by atoms with Gasteiger partial charge in [0.15, 0.2) is 0 Å². The molecule has 1 heterocycles. The average molecular weight is 264 g/mol. The summed E-state index contributed by atoms with van der Waals surface area (Å²) < 4.78 is 22.9. The largest absolute Gasteiger partial charge is 0.467 e. The summed E-state index contributed by atoms with van der Waals surface area (Å²) in [5.74, 6) is 0.0121. The van der Waals surface area contributed by atoms with Crippen LogP contribution in [0.3, 0.4) is 0 Å². The number of nitrogens with zero attached hydrogens (tertiary/aromatic N) is 3. The molecule has 2 rings (SSSR count). The van der Waals surface area contributed by atoms with E-state index in [9.17, 15) is 4.39 Å². The Bertz CT molecular complexity index is 543. The normalized spacial score (nSPS) is 10.1. The summed E-state index contributed by atoms with van der Waals surface area (Å²) in [5.41, 5.74) is 0.776. The van der Waals surface area contributed by atoms with Crippen LogP contribution in [0, 0.1) is 5.82 Å². The zero-order valence-corrected chi connectivity index (χ0v) is 10.6. The van der Waals surface area contributed by atoms with Crippen LogP contribution in [-0.4, -0.2) is 29.2 Å². The zero-order valence-electron chi connectivity index (χ0n) is 10.6. The second kappa shape index (κ2) is 5.94. The molecule has 0 unspecified atom stereocenters. The highest BCUT2D eigenvalue weighted by molar-refractivity contribution is 5.30. The smallest absolute Gasteiger partial charge is 0.324 e. The molecule has 0 spiro atoms. The van der Waals surface area contributed by atoms with Crippen molar-refractivity contribution < 1.29 is 13.9 Å². The predicted molar refractivity (Wildman–Crippen MR) is 66.7 cm³/mol. The Balaban J connectivity index is 2.10. The first-order chi connectivity index (χ1) is 9.21. The Kier molecular flexibility index (Phi) is 4.07. The van der Waals surface area contributed by atoms with Gasteiger partial charge in [0, 0.05) is 6.54 Å². The van der Waals surface area contributed by atoms with Gasteiger partial charge in [-0.1, -0.05) is 12.1 Å². The minimum Gasteiger partial charge on any atom is -0.467 e. The minimum atomic E-state index is -0.287. The Morgan fingerprint density at radius 2 is 1.79 bits per heavy atom. The molecule has 1 aromatic carbocycles. The summed E-state index contributed by atoms with van der Waals surface area (Å²) in [6, 6.07) is 6.55. The van der Waals surface area contributed by atoms with Crippen LogP contribution >= 0.6 is 0 Å². The van der Waals surface area contributed by atoms with E-state index in [4.69, 9.17) is 9.47 Å². The van der Waals surface area contributed by atoms with Crippen LogP contribution in [0.4, 0.5) is 10.3 Å². The third-order valence-electron chi connectivity index (χ3n) is 2.30. The predicted octanol–water partition coefficient (Wildman–Crippen LogP) is 1.64. The molecule has 0 radical (unpaired) electrons. The Morgan fingerprint density at radius 3 is 2.37 bits per heavy atom. The molecule has 0 atom stereocenters. The number of benzene rings is 1. The molecule has 0 bridgehead atoms. The first-order valence-corrected chi connectivity index (χ1v) is 5.53. The van der Waals surface area contributed by atoms with E-state index in [2.05, 4.69) is 20.3 Å². The van der Waals surface area contributed by atoms with E-state index in [0.717, 1.165) is 5.56 Å². The van der Waals surface area contributed by atoms with E-state index in [1.54, 1.807) is 12.1 Å². The van der Waals surface area contributed by atoms with Gasteiger partial charge in [-0.3, -0.25) is 0 Å². The van der Waals surface area contributed by atoms with Gasteiger partial charge in [0.1, 0.15) is 5.82 Å². The maximum absolute atomic E-state index is 13.0. The second-order valence-corrected chi connectivity index (χ2v) is 3.62. The molecule has 7 heteroatoms. The maximum atomic E-state index is 13.0. The summed E-state index contributed by atoms with van der Waals surface area (Å²) in [7, 11) is 2.90. The van der Waals surface area contributed by atoms with E-state index in [1.165, 1.54) is 26.4 Å². The summed E-state index contributed by atoms with van der Waals surface area (Å²) >= 11 is 0. The van der Waals surface area contributed by atoms with Gasteiger partial charge in [-0.05, 0) is 17.7 Å². The first kappa shape index (κ1) is 13.0. The molecule has 0 aliphatic carbocycles. The van der Waals surface area contributed by atoms with Crippen molar-refractivity contribution in [2.45, 2.75) is 6.54 Å². The molecule has 0 aliphatic heterocycles. The van der Waals surface area contributed by atoms with Crippen LogP contribution in [0.15, 0.2) is 24.3 Å². The lowest BCUT2D eigenvalue weighted by atomic mass is 10.2. The van der Waals surface area contributed by atoms with E-state index >= 15 is 0 Å². The fourth-order valence-corrected chi connectivity index (χ4v) is 1.43. The molecule has 1 aromatic heterocycles. The Hall–Kier alpha value is -2.44. The summed E-state index contributed by atoms with van der Waals surface area (Å²) in [6.07, 6.45) is 0. The van der Waals surface area contributed by atoms with E-state index in [1.807, 2.05) is 0 Å². The van der Waals surface area contributed by atoms with Crippen LogP contribution in [0.1, 0.15) is 5.56 Å². The monoisotopic (exact) mass is 264 g/mol. The van der Waals surface area contributed by atoms with Crippen molar-refractivity contribution in [3.63, 3.8) is 0 Å². The third-order valence-corrected chi connectivity index (χ3v) is 2.30. The van der Waals surface area contributed by atoms with Crippen LogP contribution in [0.2, 0.25) is 0 Å². The number of rotatable bonds is 5. The van der Waals surface area contributed by atoms with Crippen molar-refractivity contribution in [3.8, 4) is 12.0 Å². The third kappa shape index (κ3) is 3.51. The molecule has 1 N–H and O–H groups in total. The highest BCUT2D eigenvalue weighted by Gasteiger charge is 2.06. The molecule has 0 amide bonds. The number of hydrogen-bond donors (Lipinski definition) is 1. The van der Waals surface area contributed by atoms with Gasteiger partial charge in [-0.15, -0.1) is 4.98 Å². The van der Waals surface area contributed by atoms with E-state index < -0.39 is 0 Å². The highest BCUT2D eigenvalue weighted by Crippen LogP contribution is 2.13. The van der Waals surface area contributed by atoms with Gasteiger partial charge in [0.05, 0.1) is 14.2 Å². The Labute approximate surface area is 109 Å². The number of hydrogen-bond acceptors (Lipinski definition) is 6. The highest BCUT2D eigenvalue weighted by atomic mass is 19.1. The first-order valence-electron chi connectivity index (χ1n) is 5.53. The van der Waals surface area contributed by atoms with Crippen LogP contribution in [0.5, 0.6) is 12.0 Å². The Morgan fingerprint density at radius 1 is 1.11 bits per heavy atom. The van der Waals surface area contributed by atoms with Gasteiger partial charge in [0.2, 0.25) is 5.95 Å². The van der Waals surface area contributed by atoms with Crippen molar-refractivity contribution in [1.82, 2.24) is 15.0 Å². The van der Waals surface area contributed by atoms with Crippen molar-refractivity contribution >= 4 is 5.95 Å². The molecule has 0 saturated carbocycles. The van der Waals surface area contributed by atoms with Crippen molar-refractivity contribution in [2.24, 2.45) is 0 Å². The topological polar surface area (TPSA) is 69.2 Å². The lowest BCUT2D eigenvalue weighted by molar-refractivity contribution is 0.341. The van der Waals surface area contributed by atoms with Crippen LogP contribution < -0.4 is 14.8 Å². The minimum absolute atomic E-state index is 0.147. The molecule has 0 fully saturated rings. The van der Waals surface area contributed by atoms with Gasteiger partial charge in [-0.2, -0.15) is 9.97 Å². The molecular formula is C12H13FN4O2. The molecule has 2 aromatic rings. The standard InChI is InChI=1S/C12H13FN4O2/c1-18-11-15-10(16-12(17-11)19-2)14-7-8-4-3-5-9(13)6-8/h3-6H,7H2,1-2H3,(H,14,15,16,17). The summed E-state index contributed by atoms with van der Waals surface area (Å²) in [4.78, 5) is 11.9. The fraction of sp³-hybridized carbons (Fsp3) is 0.250. The summed E-state index contributed by atoms with van der Waals surface area (Å²) in [5, 5.41) is 2.95. The van der Waals surface area contributed by atoms with Crippen molar-refractivity contribution in [2.75, 3.05) is 19.5 Å². The lowest BCUT2D eigenvalue weighted by Crippen LogP contribution is -2.07. The molecule has 0 saturated heterocycles. The molecule has 100 valence electrons. The SMILES string of the molecule is COc1nc(NCc2cccc(F)c2)nc(OC)n1. The van der Waals surface area contributed by atoms with E-state index in [-0.39, 0.29) is 17.8 Å². The average Bonchev–Trinajstić information content (AvgIpc) is 2.44. The number of anilines is 1. The molecule has 0 aliphatic rings. The number of methoxy groups -OCH3 is 2. The van der Waals surface area contributed by atoms with Crippen molar-refractivity contribution in [1.29, 1.82) is 0 Å². The van der Waals surface area contributed by atoms with E-state index in [0.29, 0.717) is 12.5 Å². The number of halogens is 1. The fourth-order valence-electron chi connectivity index (χ4n) is 1.43. The number of nitrogens with one attached hydrogen (secondary N) is 1. The van der Waals surface area contributed by atoms with Crippen LogP contribution in [0.25, 0.3) is 0 Å². The maximum Gasteiger partial charge on any atom is 0.324 e. The zero-order chi connectivity index (χ0) is 13.7. The molecular weight excluding hydrogens is 251 g/mol.